The number of methoxy groups -OCH3 is 1. The van der Waals surface area contributed by atoms with E-state index in [0.29, 0.717) is 15.4 Å². The standard InChI is InChI=1S/C15H10ClNO3S/c1-20-15(19)13-12(10-6-7-11(16)21-10)8-4-2-3-5-9(8)17-14(13)18/h2-7H,1H3,(H,17,18). The van der Waals surface area contributed by atoms with Gasteiger partial charge in [0, 0.05) is 21.3 Å². The van der Waals surface area contributed by atoms with E-state index in [4.69, 9.17) is 16.3 Å². The zero-order valence-electron chi connectivity index (χ0n) is 11.0. The minimum Gasteiger partial charge on any atom is -0.465 e. The number of aromatic nitrogens is 1. The number of hydrogen-bond donors (Lipinski definition) is 1. The van der Waals surface area contributed by atoms with Crippen molar-refractivity contribution in [1.82, 2.24) is 4.98 Å². The van der Waals surface area contributed by atoms with E-state index in [1.54, 1.807) is 18.2 Å². The minimum atomic E-state index is -0.665. The molecule has 0 saturated heterocycles. The highest BCUT2D eigenvalue weighted by Crippen LogP contribution is 2.36. The molecular weight excluding hydrogens is 310 g/mol. The second-order valence-corrected chi connectivity index (χ2v) is 6.06. The number of thiophene rings is 1. The smallest absolute Gasteiger partial charge is 0.344 e. The fraction of sp³-hybridized carbons (Fsp3) is 0.0667. The number of fused-ring (bicyclic) bond motifs is 1. The SMILES string of the molecule is COC(=O)c1c(-c2ccc(Cl)s2)c2ccccc2[nH]c1=O. The fourth-order valence-corrected chi connectivity index (χ4v) is 3.35. The number of halogens is 1. The number of hydrogen-bond acceptors (Lipinski definition) is 4. The van der Waals surface area contributed by atoms with Crippen LogP contribution in [0.1, 0.15) is 10.4 Å². The van der Waals surface area contributed by atoms with Crippen LogP contribution >= 0.6 is 22.9 Å². The highest BCUT2D eigenvalue weighted by Gasteiger charge is 2.22. The van der Waals surface area contributed by atoms with Gasteiger partial charge in [-0.15, -0.1) is 11.3 Å². The number of carbonyl (C=O) groups excluding carboxylic acids is 1. The molecule has 3 rings (SSSR count). The first-order valence-corrected chi connectivity index (χ1v) is 7.30. The van der Waals surface area contributed by atoms with E-state index in [2.05, 4.69) is 4.98 Å². The number of H-pyrrole nitrogens is 1. The summed E-state index contributed by atoms with van der Waals surface area (Å²) in [6.07, 6.45) is 0. The molecule has 0 atom stereocenters. The maximum absolute atomic E-state index is 12.2. The van der Waals surface area contributed by atoms with Crippen molar-refractivity contribution >= 4 is 39.8 Å². The van der Waals surface area contributed by atoms with Gasteiger partial charge in [0.1, 0.15) is 5.56 Å². The van der Waals surface area contributed by atoms with Gasteiger partial charge in [-0.3, -0.25) is 4.79 Å². The van der Waals surface area contributed by atoms with Crippen LogP contribution in [-0.4, -0.2) is 18.1 Å². The molecule has 0 unspecified atom stereocenters. The molecule has 0 bridgehead atoms. The van der Waals surface area contributed by atoms with Gasteiger partial charge in [0.15, 0.2) is 0 Å². The van der Waals surface area contributed by atoms with Crippen molar-refractivity contribution in [3.63, 3.8) is 0 Å². The first kappa shape index (κ1) is 13.9. The Morgan fingerprint density at radius 2 is 2.00 bits per heavy atom. The molecular formula is C15H10ClNO3S. The summed E-state index contributed by atoms with van der Waals surface area (Å²) in [6.45, 7) is 0. The van der Waals surface area contributed by atoms with Gasteiger partial charge in [-0.05, 0) is 18.2 Å². The van der Waals surface area contributed by atoms with Crippen LogP contribution in [0.5, 0.6) is 0 Å². The Morgan fingerprint density at radius 3 is 2.67 bits per heavy atom. The maximum Gasteiger partial charge on any atom is 0.344 e. The average molecular weight is 320 g/mol. The molecule has 4 nitrogen and oxygen atoms in total. The largest absolute Gasteiger partial charge is 0.465 e. The van der Waals surface area contributed by atoms with Crippen LogP contribution in [0.15, 0.2) is 41.2 Å². The number of aromatic amines is 1. The number of rotatable bonds is 2. The molecule has 3 aromatic rings. The molecule has 0 spiro atoms. The van der Waals surface area contributed by atoms with Gasteiger partial charge in [0.25, 0.3) is 5.56 Å². The molecule has 0 aliphatic heterocycles. The summed E-state index contributed by atoms with van der Waals surface area (Å²) in [4.78, 5) is 27.7. The second kappa shape index (κ2) is 5.35. The Bertz CT molecular complexity index is 897. The molecule has 2 aromatic heterocycles. The summed E-state index contributed by atoms with van der Waals surface area (Å²) < 4.78 is 5.34. The van der Waals surface area contributed by atoms with E-state index < -0.39 is 11.5 Å². The highest BCUT2D eigenvalue weighted by molar-refractivity contribution is 7.19. The van der Waals surface area contributed by atoms with Crippen LogP contribution in [0.25, 0.3) is 21.3 Å². The monoisotopic (exact) mass is 319 g/mol. The van der Waals surface area contributed by atoms with Gasteiger partial charge >= 0.3 is 5.97 Å². The Labute approximate surface area is 128 Å². The Hall–Kier alpha value is -2.11. The first-order valence-electron chi connectivity index (χ1n) is 6.11. The predicted molar refractivity (Wildman–Crippen MR) is 84.2 cm³/mol. The van der Waals surface area contributed by atoms with Crippen molar-refractivity contribution in [2.24, 2.45) is 0 Å². The van der Waals surface area contributed by atoms with Crippen molar-refractivity contribution < 1.29 is 9.53 Å². The lowest BCUT2D eigenvalue weighted by molar-refractivity contribution is 0.0600. The first-order chi connectivity index (χ1) is 10.1. The second-order valence-electron chi connectivity index (χ2n) is 4.35. The van der Waals surface area contributed by atoms with Gasteiger partial charge in [0.05, 0.1) is 11.4 Å². The summed E-state index contributed by atoms with van der Waals surface area (Å²) in [5.74, 6) is -0.665. The van der Waals surface area contributed by atoms with Crippen molar-refractivity contribution in [3.8, 4) is 10.4 Å². The quantitative estimate of drug-likeness (QED) is 0.733. The van der Waals surface area contributed by atoms with Gasteiger partial charge in [-0.2, -0.15) is 0 Å². The molecule has 0 radical (unpaired) electrons. The summed E-state index contributed by atoms with van der Waals surface area (Å²) in [6, 6.07) is 10.8. The summed E-state index contributed by atoms with van der Waals surface area (Å²) in [7, 11) is 1.25. The lowest BCUT2D eigenvalue weighted by Gasteiger charge is -2.09. The minimum absolute atomic E-state index is 0.00489. The molecule has 0 aliphatic carbocycles. The molecule has 1 N–H and O–H groups in total. The lowest BCUT2D eigenvalue weighted by Crippen LogP contribution is -2.20. The van der Waals surface area contributed by atoms with Crippen LogP contribution in [0, 0.1) is 0 Å². The average Bonchev–Trinajstić information content (AvgIpc) is 2.91. The van der Waals surface area contributed by atoms with Crippen molar-refractivity contribution in [2.45, 2.75) is 0 Å². The fourth-order valence-electron chi connectivity index (χ4n) is 2.24. The molecule has 6 heteroatoms. The van der Waals surface area contributed by atoms with Gasteiger partial charge in [-0.25, -0.2) is 4.79 Å². The third-order valence-corrected chi connectivity index (χ3v) is 4.38. The van der Waals surface area contributed by atoms with Crippen LogP contribution < -0.4 is 5.56 Å². The van der Waals surface area contributed by atoms with Crippen molar-refractivity contribution in [1.29, 1.82) is 0 Å². The molecule has 0 fully saturated rings. The topological polar surface area (TPSA) is 59.2 Å². The molecule has 2 heterocycles. The zero-order chi connectivity index (χ0) is 15.0. The zero-order valence-corrected chi connectivity index (χ0v) is 12.5. The van der Waals surface area contributed by atoms with Crippen LogP contribution in [0.3, 0.4) is 0 Å². The number of benzene rings is 1. The number of ether oxygens (including phenoxy) is 1. The molecule has 0 saturated carbocycles. The summed E-state index contributed by atoms with van der Waals surface area (Å²) in [5, 5.41) is 0.774. The van der Waals surface area contributed by atoms with Crippen LogP contribution in [0.2, 0.25) is 4.34 Å². The highest BCUT2D eigenvalue weighted by atomic mass is 35.5. The number of pyridine rings is 1. The third-order valence-electron chi connectivity index (χ3n) is 3.13. The van der Waals surface area contributed by atoms with Crippen molar-refractivity contribution in [2.75, 3.05) is 7.11 Å². The maximum atomic E-state index is 12.2. The van der Waals surface area contributed by atoms with E-state index in [1.165, 1.54) is 18.4 Å². The van der Waals surface area contributed by atoms with E-state index in [-0.39, 0.29) is 5.56 Å². The molecule has 1 aromatic carbocycles. The lowest BCUT2D eigenvalue weighted by atomic mass is 10.0. The molecule has 106 valence electrons. The molecule has 21 heavy (non-hydrogen) atoms. The summed E-state index contributed by atoms with van der Waals surface area (Å²) in [5.41, 5.74) is 0.738. The van der Waals surface area contributed by atoms with E-state index in [1.807, 2.05) is 18.2 Å². The molecule has 0 amide bonds. The van der Waals surface area contributed by atoms with Crippen LogP contribution in [-0.2, 0) is 4.74 Å². The van der Waals surface area contributed by atoms with Gasteiger partial charge in [-0.1, -0.05) is 29.8 Å². The van der Waals surface area contributed by atoms with Crippen LogP contribution in [0.4, 0.5) is 0 Å². The summed E-state index contributed by atoms with van der Waals surface area (Å²) >= 11 is 7.29. The normalized spacial score (nSPS) is 10.8. The number of nitrogens with one attached hydrogen (secondary N) is 1. The molecule has 0 aliphatic rings. The van der Waals surface area contributed by atoms with Gasteiger partial charge < -0.3 is 9.72 Å². The van der Waals surface area contributed by atoms with Gasteiger partial charge in [0.2, 0.25) is 0 Å². The van der Waals surface area contributed by atoms with E-state index in [9.17, 15) is 9.59 Å². The Kier molecular flexibility index (Phi) is 3.53. The number of para-hydroxylation sites is 1. The Morgan fingerprint density at radius 1 is 1.24 bits per heavy atom. The van der Waals surface area contributed by atoms with E-state index in [0.717, 1.165) is 10.3 Å². The number of esters is 1. The van der Waals surface area contributed by atoms with Crippen molar-refractivity contribution in [3.05, 3.63) is 56.7 Å². The third kappa shape index (κ3) is 2.34. The Balaban J connectivity index is 2.47. The number of carbonyl (C=O) groups is 1. The van der Waals surface area contributed by atoms with E-state index >= 15 is 0 Å². The predicted octanol–water partition coefficient (Wildman–Crippen LogP) is 3.70.